The van der Waals surface area contributed by atoms with E-state index in [9.17, 15) is 63.4 Å². The summed E-state index contributed by atoms with van der Waals surface area (Å²) < 4.78 is 150. The fourth-order valence-electron chi connectivity index (χ4n) is 5.12. The standard InChI is InChI=1S/C39H16F10O6/c40-27-25(28(41)32(45)35(48)31(27)44)38(52)17-3-9-21(10-4-17)54-23-13-19(37(51)16-1-7-20(50)8-2-16)14-24(15-23)55-22-11-5-18(6-12-22)39(53)26-29(42)33(46)36(49)34(47)30(26)43/h1-15,50H. The molecular weight excluding hydrogens is 754 g/mol. The molecule has 6 nitrogen and oxygen atoms in total. The van der Waals surface area contributed by atoms with Crippen LogP contribution in [0.25, 0.3) is 0 Å². The molecule has 1 N–H and O–H groups in total. The van der Waals surface area contributed by atoms with E-state index < -0.39 is 97.8 Å². The Bertz CT molecular complexity index is 2340. The molecule has 0 saturated heterocycles. The van der Waals surface area contributed by atoms with Gasteiger partial charge in [-0.25, -0.2) is 43.9 Å². The molecule has 0 bridgehead atoms. The van der Waals surface area contributed by atoms with E-state index in [4.69, 9.17) is 9.47 Å². The smallest absolute Gasteiger partial charge is 0.200 e. The number of ketones is 3. The van der Waals surface area contributed by atoms with Crippen molar-refractivity contribution in [3.8, 4) is 28.7 Å². The first-order valence-electron chi connectivity index (χ1n) is 15.2. The van der Waals surface area contributed by atoms with Crippen LogP contribution in [0.5, 0.6) is 28.7 Å². The zero-order chi connectivity index (χ0) is 39.9. The predicted octanol–water partition coefficient (Wildman–Crippen LogP) is 10.1. The van der Waals surface area contributed by atoms with Crippen molar-refractivity contribution in [2.45, 2.75) is 0 Å². The van der Waals surface area contributed by atoms with Crippen molar-refractivity contribution in [1.82, 2.24) is 0 Å². The van der Waals surface area contributed by atoms with Gasteiger partial charge in [-0.3, -0.25) is 14.4 Å². The lowest BCUT2D eigenvalue weighted by molar-refractivity contribution is 0.101. The molecular formula is C39H16F10O6. The lowest BCUT2D eigenvalue weighted by atomic mass is 10.0. The molecule has 6 rings (SSSR count). The highest BCUT2D eigenvalue weighted by atomic mass is 19.2. The van der Waals surface area contributed by atoms with Gasteiger partial charge >= 0.3 is 0 Å². The molecule has 0 spiro atoms. The summed E-state index contributed by atoms with van der Waals surface area (Å²) in [5.74, 6) is -27.6. The molecule has 0 radical (unpaired) electrons. The van der Waals surface area contributed by atoms with E-state index in [0.29, 0.717) is 0 Å². The first-order chi connectivity index (χ1) is 26.1. The highest BCUT2D eigenvalue weighted by molar-refractivity contribution is 6.10. The minimum atomic E-state index is -2.44. The molecule has 0 aliphatic rings. The predicted molar refractivity (Wildman–Crippen MR) is 170 cm³/mol. The second-order valence-corrected chi connectivity index (χ2v) is 11.4. The van der Waals surface area contributed by atoms with Crippen LogP contribution in [0.3, 0.4) is 0 Å². The van der Waals surface area contributed by atoms with Crippen molar-refractivity contribution in [2.24, 2.45) is 0 Å². The molecule has 0 saturated carbocycles. The van der Waals surface area contributed by atoms with E-state index in [1.807, 2.05) is 0 Å². The topological polar surface area (TPSA) is 89.9 Å². The summed E-state index contributed by atoms with van der Waals surface area (Å²) in [7, 11) is 0. The summed E-state index contributed by atoms with van der Waals surface area (Å²) in [5.41, 5.74) is -4.29. The Morgan fingerprint density at radius 3 is 0.982 bits per heavy atom. The molecule has 0 aromatic heterocycles. The lowest BCUT2D eigenvalue weighted by Crippen LogP contribution is -2.13. The van der Waals surface area contributed by atoms with Crippen molar-refractivity contribution in [3.05, 3.63) is 183 Å². The van der Waals surface area contributed by atoms with Gasteiger partial charge in [0.1, 0.15) is 39.9 Å². The van der Waals surface area contributed by atoms with Gasteiger partial charge < -0.3 is 14.6 Å². The number of aromatic hydroxyl groups is 1. The molecule has 6 aromatic rings. The number of carbonyl (C=O) groups excluding carboxylic acids is 3. The third kappa shape index (κ3) is 7.21. The average Bonchev–Trinajstić information content (AvgIpc) is 3.18. The van der Waals surface area contributed by atoms with Gasteiger partial charge in [0, 0.05) is 28.3 Å². The van der Waals surface area contributed by atoms with Gasteiger partial charge in [0.15, 0.2) is 63.9 Å². The Balaban J connectivity index is 1.29. The van der Waals surface area contributed by atoms with Gasteiger partial charge in [-0.05, 0) is 84.9 Å². The lowest BCUT2D eigenvalue weighted by Gasteiger charge is -2.13. The molecule has 16 heteroatoms. The highest BCUT2D eigenvalue weighted by Crippen LogP contribution is 2.33. The van der Waals surface area contributed by atoms with Crippen LogP contribution in [0.1, 0.15) is 47.8 Å². The van der Waals surface area contributed by atoms with Gasteiger partial charge in [-0.1, -0.05) is 0 Å². The van der Waals surface area contributed by atoms with E-state index in [1.165, 1.54) is 42.5 Å². The molecule has 0 amide bonds. The minimum Gasteiger partial charge on any atom is -0.508 e. The van der Waals surface area contributed by atoms with Crippen molar-refractivity contribution in [3.63, 3.8) is 0 Å². The van der Waals surface area contributed by atoms with Gasteiger partial charge in [-0.2, -0.15) is 0 Å². The van der Waals surface area contributed by atoms with Crippen LogP contribution < -0.4 is 9.47 Å². The Morgan fingerprint density at radius 1 is 0.345 bits per heavy atom. The summed E-state index contributed by atoms with van der Waals surface area (Å²) in [5, 5.41) is 9.62. The zero-order valence-corrected chi connectivity index (χ0v) is 26.9. The quantitative estimate of drug-likeness (QED) is 0.0646. The van der Waals surface area contributed by atoms with E-state index >= 15 is 0 Å². The van der Waals surface area contributed by atoms with Gasteiger partial charge in [0.05, 0.1) is 0 Å². The monoisotopic (exact) mass is 770 g/mol. The number of benzene rings is 6. The summed E-state index contributed by atoms with van der Waals surface area (Å²) in [6, 6.07) is 17.2. The molecule has 0 unspecified atom stereocenters. The molecule has 0 fully saturated rings. The van der Waals surface area contributed by atoms with Crippen LogP contribution in [0.2, 0.25) is 0 Å². The number of hydrogen-bond acceptors (Lipinski definition) is 6. The summed E-state index contributed by atoms with van der Waals surface area (Å²) >= 11 is 0. The number of phenols is 1. The fraction of sp³-hybridized carbons (Fsp3) is 0. The van der Waals surface area contributed by atoms with E-state index in [1.54, 1.807) is 0 Å². The number of phenolic OH excluding ortho intramolecular Hbond substituents is 1. The molecule has 278 valence electrons. The van der Waals surface area contributed by atoms with Crippen molar-refractivity contribution < 1.29 is 72.9 Å². The van der Waals surface area contributed by atoms with Gasteiger partial charge in [0.25, 0.3) is 0 Å². The Kier molecular flexibility index (Phi) is 10.2. The number of rotatable bonds is 10. The highest BCUT2D eigenvalue weighted by Gasteiger charge is 2.31. The maximum Gasteiger partial charge on any atom is 0.200 e. The maximum absolute atomic E-state index is 14.2. The Hall–Kier alpha value is -6.97. The number of ether oxygens (including phenoxy) is 2. The molecule has 0 atom stereocenters. The maximum atomic E-state index is 14.2. The van der Waals surface area contributed by atoms with Crippen LogP contribution in [-0.4, -0.2) is 22.5 Å². The van der Waals surface area contributed by atoms with Gasteiger partial charge in [0.2, 0.25) is 11.6 Å². The average molecular weight is 771 g/mol. The second kappa shape index (κ2) is 14.8. The molecule has 0 aliphatic heterocycles. The minimum absolute atomic E-state index is 0.0607. The first-order valence-corrected chi connectivity index (χ1v) is 15.2. The van der Waals surface area contributed by atoms with Crippen molar-refractivity contribution in [1.29, 1.82) is 0 Å². The van der Waals surface area contributed by atoms with Gasteiger partial charge in [-0.15, -0.1) is 0 Å². The van der Waals surface area contributed by atoms with Crippen LogP contribution in [-0.2, 0) is 0 Å². The first kappa shape index (κ1) is 37.8. The summed E-state index contributed by atoms with van der Waals surface area (Å²) in [6.45, 7) is 0. The number of halogens is 10. The largest absolute Gasteiger partial charge is 0.508 e. The SMILES string of the molecule is O=C(c1ccc(O)cc1)c1cc(Oc2ccc(C(=O)c3c(F)c(F)c(F)c(F)c3F)cc2)cc(Oc2ccc(C(=O)c3c(F)c(F)c(F)c(F)c3F)cc2)c1. The van der Waals surface area contributed by atoms with Crippen molar-refractivity contribution >= 4 is 17.3 Å². The molecule has 0 heterocycles. The summed E-state index contributed by atoms with van der Waals surface area (Å²) in [4.78, 5) is 38.8. The Labute approximate surface area is 301 Å². The second-order valence-electron chi connectivity index (χ2n) is 11.4. The third-order valence-electron chi connectivity index (χ3n) is 7.85. The Morgan fingerprint density at radius 2 is 0.636 bits per heavy atom. The molecule has 55 heavy (non-hydrogen) atoms. The van der Waals surface area contributed by atoms with Crippen LogP contribution >= 0.6 is 0 Å². The molecule has 0 aliphatic carbocycles. The van der Waals surface area contributed by atoms with Crippen LogP contribution in [0.15, 0.2) is 91.0 Å². The third-order valence-corrected chi connectivity index (χ3v) is 7.85. The zero-order valence-electron chi connectivity index (χ0n) is 26.9. The number of carbonyl (C=O) groups is 3. The molecule has 6 aromatic carbocycles. The van der Waals surface area contributed by atoms with E-state index in [2.05, 4.69) is 0 Å². The van der Waals surface area contributed by atoms with E-state index in [0.717, 1.165) is 48.5 Å². The number of hydrogen-bond donors (Lipinski definition) is 1. The van der Waals surface area contributed by atoms with E-state index in [-0.39, 0.29) is 39.9 Å². The van der Waals surface area contributed by atoms with Crippen LogP contribution in [0.4, 0.5) is 43.9 Å². The fourth-order valence-corrected chi connectivity index (χ4v) is 5.12. The van der Waals surface area contributed by atoms with Crippen molar-refractivity contribution in [2.75, 3.05) is 0 Å². The summed E-state index contributed by atoms with van der Waals surface area (Å²) in [6.07, 6.45) is 0. The normalized spacial score (nSPS) is 11.0. The van der Waals surface area contributed by atoms with Crippen LogP contribution in [0, 0.1) is 58.2 Å².